The van der Waals surface area contributed by atoms with E-state index in [2.05, 4.69) is 25.8 Å². The zero-order chi connectivity index (χ0) is 23.2. The second-order valence-corrected chi connectivity index (χ2v) is 9.95. The van der Waals surface area contributed by atoms with Crippen LogP contribution in [-0.4, -0.2) is 65.7 Å². The van der Waals surface area contributed by atoms with Gasteiger partial charge in [-0.3, -0.25) is 9.59 Å². The molecule has 174 valence electrons. The first kappa shape index (κ1) is 22.4. The van der Waals surface area contributed by atoms with Gasteiger partial charge in [0.15, 0.2) is 0 Å². The minimum Gasteiger partial charge on any atom is -0.423 e. The first-order chi connectivity index (χ1) is 15.0. The molecule has 32 heavy (non-hydrogen) atoms. The largest absolute Gasteiger partial charge is 0.423 e. The smallest absolute Gasteiger partial charge is 0.248 e. The Kier molecular flexibility index (Phi) is 5.78. The standard InChI is InChI=1S/C21H31N7O4/c1-11(19-25-23-12(2)32-19)22-18(30)16-8-14(29)9-27(16)20(31)17(21(3,4)5)28-10-15(24-26-28)13-6-7-13/h10-11,13-14,16-17,29H,6-9H2,1-5H3,(H,22,30)/t11?,14-,16+,17-/m0/s1. The molecule has 1 saturated heterocycles. The second kappa shape index (κ2) is 8.27. The fraction of sp³-hybridized carbons (Fsp3) is 0.714. The number of rotatable bonds is 6. The molecule has 2 aromatic heterocycles. The Hall–Kier alpha value is -2.82. The van der Waals surface area contributed by atoms with Crippen LogP contribution in [0.15, 0.2) is 10.6 Å². The van der Waals surface area contributed by atoms with Crippen molar-refractivity contribution in [2.45, 2.75) is 84.0 Å². The van der Waals surface area contributed by atoms with Gasteiger partial charge in [-0.2, -0.15) is 0 Å². The molecular weight excluding hydrogens is 414 g/mol. The van der Waals surface area contributed by atoms with E-state index in [1.165, 1.54) is 4.90 Å². The van der Waals surface area contributed by atoms with Gasteiger partial charge in [0.2, 0.25) is 23.6 Å². The van der Waals surface area contributed by atoms with Crippen LogP contribution in [0.25, 0.3) is 0 Å². The zero-order valence-corrected chi connectivity index (χ0v) is 19.1. The van der Waals surface area contributed by atoms with E-state index >= 15 is 0 Å². The van der Waals surface area contributed by atoms with Crippen molar-refractivity contribution < 1.29 is 19.1 Å². The molecule has 1 aliphatic heterocycles. The number of likely N-dealkylation sites (tertiary alicyclic amines) is 1. The summed E-state index contributed by atoms with van der Waals surface area (Å²) in [4.78, 5) is 28.2. The molecule has 0 radical (unpaired) electrons. The summed E-state index contributed by atoms with van der Waals surface area (Å²) < 4.78 is 7.00. The highest BCUT2D eigenvalue weighted by Gasteiger charge is 2.45. The number of aryl methyl sites for hydroxylation is 1. The van der Waals surface area contributed by atoms with Crippen molar-refractivity contribution in [3.8, 4) is 0 Å². The minimum absolute atomic E-state index is 0.0850. The molecule has 4 atom stereocenters. The van der Waals surface area contributed by atoms with Crippen LogP contribution in [0.4, 0.5) is 0 Å². The molecule has 0 bridgehead atoms. The molecule has 11 nitrogen and oxygen atoms in total. The molecule has 2 aliphatic rings. The number of nitrogens with zero attached hydrogens (tertiary/aromatic N) is 6. The van der Waals surface area contributed by atoms with Gasteiger partial charge >= 0.3 is 0 Å². The van der Waals surface area contributed by atoms with Crippen LogP contribution in [-0.2, 0) is 9.59 Å². The third-order valence-electron chi connectivity index (χ3n) is 5.98. The highest BCUT2D eigenvalue weighted by molar-refractivity contribution is 5.90. The Morgan fingerprint density at radius 2 is 1.97 bits per heavy atom. The molecule has 2 amide bonds. The predicted octanol–water partition coefficient (Wildman–Crippen LogP) is 1.27. The number of carbonyl (C=O) groups excluding carboxylic acids is 2. The Bertz CT molecular complexity index is 990. The van der Waals surface area contributed by atoms with E-state index in [1.54, 1.807) is 18.5 Å². The molecule has 2 N–H and O–H groups in total. The summed E-state index contributed by atoms with van der Waals surface area (Å²) >= 11 is 0. The molecule has 1 unspecified atom stereocenters. The van der Waals surface area contributed by atoms with Crippen LogP contribution in [0.5, 0.6) is 0 Å². The molecule has 4 rings (SSSR count). The van der Waals surface area contributed by atoms with Gasteiger partial charge in [-0.25, -0.2) is 4.68 Å². The molecule has 1 aliphatic carbocycles. The Morgan fingerprint density at radius 3 is 2.56 bits per heavy atom. The Morgan fingerprint density at radius 1 is 1.25 bits per heavy atom. The van der Waals surface area contributed by atoms with E-state index in [-0.39, 0.29) is 30.7 Å². The Labute approximate surface area is 186 Å². The van der Waals surface area contributed by atoms with Crippen molar-refractivity contribution >= 4 is 11.8 Å². The number of aliphatic hydroxyl groups excluding tert-OH is 1. The molecule has 0 spiro atoms. The number of carbonyl (C=O) groups is 2. The van der Waals surface area contributed by atoms with Crippen LogP contribution in [0.3, 0.4) is 0 Å². The fourth-order valence-corrected chi connectivity index (χ4v) is 4.18. The number of β-amino-alcohol motifs (C(OH)–C–C–N with tert-alkyl or cyclic N) is 1. The summed E-state index contributed by atoms with van der Waals surface area (Å²) in [5.74, 6) is 0.475. The lowest BCUT2D eigenvalue weighted by Gasteiger charge is -2.34. The lowest BCUT2D eigenvalue weighted by atomic mass is 9.85. The van der Waals surface area contributed by atoms with Crippen molar-refractivity contribution in [2.24, 2.45) is 5.41 Å². The number of nitrogens with one attached hydrogen (secondary N) is 1. The zero-order valence-electron chi connectivity index (χ0n) is 19.1. The van der Waals surface area contributed by atoms with Gasteiger partial charge in [-0.15, -0.1) is 15.3 Å². The number of aliphatic hydroxyl groups is 1. The van der Waals surface area contributed by atoms with Crippen LogP contribution >= 0.6 is 0 Å². The van der Waals surface area contributed by atoms with Gasteiger partial charge < -0.3 is 19.7 Å². The summed E-state index contributed by atoms with van der Waals surface area (Å²) in [5, 5.41) is 29.4. The third kappa shape index (κ3) is 4.52. The summed E-state index contributed by atoms with van der Waals surface area (Å²) in [6.07, 6.45) is 3.40. The van der Waals surface area contributed by atoms with E-state index in [0.717, 1.165) is 18.5 Å². The lowest BCUT2D eigenvalue weighted by molar-refractivity contribution is -0.144. The lowest BCUT2D eigenvalue weighted by Crippen LogP contribution is -2.50. The summed E-state index contributed by atoms with van der Waals surface area (Å²) in [6, 6.07) is -1.98. The Balaban J connectivity index is 1.54. The first-order valence-electron chi connectivity index (χ1n) is 11.0. The summed E-state index contributed by atoms with van der Waals surface area (Å²) in [7, 11) is 0. The van der Waals surface area contributed by atoms with Gasteiger partial charge in [-0.05, 0) is 25.2 Å². The molecular formula is C21H31N7O4. The number of aromatic nitrogens is 5. The maximum absolute atomic E-state index is 13.7. The maximum Gasteiger partial charge on any atom is 0.248 e. The van der Waals surface area contributed by atoms with Crippen molar-refractivity contribution in [2.75, 3.05) is 6.54 Å². The van der Waals surface area contributed by atoms with E-state index in [1.807, 2.05) is 27.0 Å². The van der Waals surface area contributed by atoms with E-state index in [9.17, 15) is 14.7 Å². The number of amides is 2. The van der Waals surface area contributed by atoms with Crippen molar-refractivity contribution in [1.29, 1.82) is 0 Å². The minimum atomic E-state index is -0.805. The SMILES string of the molecule is Cc1nnc(C(C)NC(=O)[C@H]2C[C@H](O)CN2C(=O)[C@H](n2cc(C3CC3)nn2)C(C)(C)C)o1. The van der Waals surface area contributed by atoms with Crippen LogP contribution in [0.1, 0.15) is 82.4 Å². The molecule has 0 aromatic carbocycles. The van der Waals surface area contributed by atoms with Gasteiger partial charge in [0.05, 0.1) is 11.8 Å². The normalized spacial score (nSPS) is 23.2. The van der Waals surface area contributed by atoms with Gasteiger partial charge in [0.25, 0.3) is 0 Å². The highest BCUT2D eigenvalue weighted by Crippen LogP contribution is 2.40. The topological polar surface area (TPSA) is 139 Å². The van der Waals surface area contributed by atoms with Crippen LogP contribution in [0, 0.1) is 12.3 Å². The van der Waals surface area contributed by atoms with Crippen molar-refractivity contribution in [3.05, 3.63) is 23.7 Å². The molecule has 1 saturated carbocycles. The van der Waals surface area contributed by atoms with E-state index in [0.29, 0.717) is 11.8 Å². The van der Waals surface area contributed by atoms with Gasteiger partial charge in [0.1, 0.15) is 18.1 Å². The third-order valence-corrected chi connectivity index (χ3v) is 5.98. The van der Waals surface area contributed by atoms with Crippen LogP contribution in [0.2, 0.25) is 0 Å². The quantitative estimate of drug-likeness (QED) is 0.678. The fourth-order valence-electron chi connectivity index (χ4n) is 4.18. The van der Waals surface area contributed by atoms with E-state index < -0.39 is 29.6 Å². The average Bonchev–Trinajstić information content (AvgIpc) is 3.09. The molecule has 2 aromatic rings. The van der Waals surface area contributed by atoms with Crippen molar-refractivity contribution in [3.63, 3.8) is 0 Å². The maximum atomic E-state index is 13.7. The average molecular weight is 446 g/mol. The molecule has 11 heteroatoms. The number of hydrogen-bond acceptors (Lipinski definition) is 8. The van der Waals surface area contributed by atoms with E-state index in [4.69, 9.17) is 4.42 Å². The van der Waals surface area contributed by atoms with Gasteiger partial charge in [0, 0.05) is 32.0 Å². The summed E-state index contributed by atoms with van der Waals surface area (Å²) in [6.45, 7) is 9.35. The van der Waals surface area contributed by atoms with Crippen molar-refractivity contribution in [1.82, 2.24) is 35.4 Å². The monoisotopic (exact) mass is 445 g/mol. The number of hydrogen-bond donors (Lipinski definition) is 2. The molecule has 2 fully saturated rings. The summed E-state index contributed by atoms with van der Waals surface area (Å²) in [5.41, 5.74) is 0.417. The second-order valence-electron chi connectivity index (χ2n) is 9.95. The molecule has 3 heterocycles. The highest BCUT2D eigenvalue weighted by atomic mass is 16.4. The van der Waals surface area contributed by atoms with Gasteiger partial charge in [-0.1, -0.05) is 26.0 Å². The van der Waals surface area contributed by atoms with Crippen LogP contribution < -0.4 is 5.32 Å². The first-order valence-corrected chi connectivity index (χ1v) is 11.0. The predicted molar refractivity (Wildman–Crippen MR) is 112 cm³/mol.